The standard InChI is InChI=1S/C24H25N5O6/c1-24(2,3)22(33)26-15-11-9-14(10-12-15)19(30)28-25-13-16-20(31)27-23(34)29(21(16)32)17-7-5-6-8-18(17)35-4/h5-13,16H,1-4H3,(H,26,33)(H,28,30)(H,27,31,34)/b25-13-/t16-/m0/s1. The lowest BCUT2D eigenvalue weighted by Crippen LogP contribution is -2.58. The number of benzene rings is 2. The first kappa shape index (κ1) is 25.1. The highest BCUT2D eigenvalue weighted by Gasteiger charge is 2.41. The van der Waals surface area contributed by atoms with Crippen LogP contribution in [0.4, 0.5) is 16.2 Å². The number of hydrazone groups is 1. The molecule has 0 spiro atoms. The van der Waals surface area contributed by atoms with E-state index in [-0.39, 0.29) is 22.9 Å². The Morgan fingerprint density at radius 2 is 1.71 bits per heavy atom. The van der Waals surface area contributed by atoms with E-state index in [2.05, 4.69) is 21.2 Å². The molecule has 1 heterocycles. The Bertz CT molecular complexity index is 1200. The lowest BCUT2D eigenvalue weighted by atomic mass is 9.95. The van der Waals surface area contributed by atoms with Gasteiger partial charge in [-0.25, -0.2) is 15.1 Å². The van der Waals surface area contributed by atoms with Gasteiger partial charge in [-0.3, -0.25) is 24.5 Å². The molecule has 35 heavy (non-hydrogen) atoms. The summed E-state index contributed by atoms with van der Waals surface area (Å²) in [5, 5.41) is 8.57. The van der Waals surface area contributed by atoms with Crippen LogP contribution in [-0.2, 0) is 14.4 Å². The van der Waals surface area contributed by atoms with Crippen LogP contribution in [-0.4, -0.2) is 43.0 Å². The Hall–Kier alpha value is -4.54. The van der Waals surface area contributed by atoms with E-state index in [1.165, 1.54) is 25.3 Å². The lowest BCUT2D eigenvalue weighted by Gasteiger charge is -2.29. The first-order chi connectivity index (χ1) is 16.5. The number of nitrogens with one attached hydrogen (secondary N) is 3. The van der Waals surface area contributed by atoms with Crippen LogP contribution in [0.1, 0.15) is 31.1 Å². The number of hydrogen-bond acceptors (Lipinski definition) is 7. The maximum atomic E-state index is 12.9. The number of carbonyl (C=O) groups excluding carboxylic acids is 5. The topological polar surface area (TPSA) is 146 Å². The van der Waals surface area contributed by atoms with Crippen LogP contribution in [0, 0.1) is 11.3 Å². The second-order valence-corrected chi connectivity index (χ2v) is 8.62. The SMILES string of the molecule is COc1ccccc1N1C(=O)NC(=O)[C@H](/C=N\NC(=O)c2ccc(NC(=O)C(C)(C)C)cc2)C1=O. The fourth-order valence-electron chi connectivity index (χ4n) is 3.02. The van der Waals surface area contributed by atoms with Crippen LogP contribution in [0.15, 0.2) is 53.6 Å². The lowest BCUT2D eigenvalue weighted by molar-refractivity contribution is -0.131. The van der Waals surface area contributed by atoms with E-state index in [1.807, 2.05) is 0 Å². The zero-order chi connectivity index (χ0) is 25.8. The molecule has 1 atom stereocenters. The van der Waals surface area contributed by atoms with E-state index in [4.69, 9.17) is 4.74 Å². The zero-order valence-electron chi connectivity index (χ0n) is 19.6. The summed E-state index contributed by atoms with van der Waals surface area (Å²) in [6.07, 6.45) is 0.947. The molecule has 2 aromatic rings. The van der Waals surface area contributed by atoms with Crippen molar-refractivity contribution in [2.75, 3.05) is 17.3 Å². The van der Waals surface area contributed by atoms with Gasteiger partial charge in [0.1, 0.15) is 5.75 Å². The Labute approximate surface area is 201 Å². The summed E-state index contributed by atoms with van der Waals surface area (Å²) < 4.78 is 5.19. The molecule has 3 N–H and O–H groups in total. The molecule has 0 aromatic heterocycles. The highest BCUT2D eigenvalue weighted by molar-refractivity contribution is 6.33. The molecule has 6 amide bonds. The summed E-state index contributed by atoms with van der Waals surface area (Å²) in [6, 6.07) is 11.5. The second kappa shape index (κ2) is 10.2. The summed E-state index contributed by atoms with van der Waals surface area (Å²) in [5.41, 5.74) is 2.59. The Morgan fingerprint density at radius 3 is 2.34 bits per heavy atom. The van der Waals surface area contributed by atoms with Crippen molar-refractivity contribution in [1.82, 2.24) is 10.7 Å². The highest BCUT2D eigenvalue weighted by Crippen LogP contribution is 2.30. The van der Waals surface area contributed by atoms with Gasteiger partial charge in [0.25, 0.3) is 11.8 Å². The zero-order valence-corrected chi connectivity index (χ0v) is 19.6. The van der Waals surface area contributed by atoms with Crippen molar-refractivity contribution in [1.29, 1.82) is 0 Å². The number of barbiturate groups is 1. The van der Waals surface area contributed by atoms with E-state index in [0.29, 0.717) is 5.69 Å². The third kappa shape index (κ3) is 5.69. The Morgan fingerprint density at radius 1 is 1.06 bits per heavy atom. The predicted molar refractivity (Wildman–Crippen MR) is 128 cm³/mol. The number of hydrogen-bond donors (Lipinski definition) is 3. The number of para-hydroxylation sites is 2. The van der Waals surface area contributed by atoms with Crippen LogP contribution < -0.4 is 25.7 Å². The number of methoxy groups -OCH3 is 1. The number of anilines is 2. The minimum absolute atomic E-state index is 0.158. The molecular formula is C24H25N5O6. The average molecular weight is 479 g/mol. The van der Waals surface area contributed by atoms with E-state index < -0.39 is 35.1 Å². The van der Waals surface area contributed by atoms with Crippen molar-refractivity contribution < 1.29 is 28.7 Å². The van der Waals surface area contributed by atoms with Gasteiger partial charge in [-0.15, -0.1) is 0 Å². The van der Waals surface area contributed by atoms with Gasteiger partial charge >= 0.3 is 6.03 Å². The molecule has 0 aliphatic carbocycles. The Balaban J connectivity index is 1.68. The number of urea groups is 1. The van der Waals surface area contributed by atoms with E-state index in [1.54, 1.807) is 51.1 Å². The maximum Gasteiger partial charge on any atom is 0.335 e. The van der Waals surface area contributed by atoms with Crippen molar-refractivity contribution in [3.8, 4) is 5.75 Å². The van der Waals surface area contributed by atoms with Crippen LogP contribution in [0.25, 0.3) is 0 Å². The van der Waals surface area contributed by atoms with Crippen molar-refractivity contribution in [3.05, 3.63) is 54.1 Å². The molecule has 1 saturated heterocycles. The largest absolute Gasteiger partial charge is 0.495 e. The molecule has 1 fully saturated rings. The molecule has 0 saturated carbocycles. The number of imide groups is 2. The van der Waals surface area contributed by atoms with Crippen LogP contribution >= 0.6 is 0 Å². The summed E-state index contributed by atoms with van der Waals surface area (Å²) in [4.78, 5) is 62.7. The molecular weight excluding hydrogens is 454 g/mol. The molecule has 3 rings (SSSR count). The number of amides is 6. The molecule has 0 unspecified atom stereocenters. The third-order valence-corrected chi connectivity index (χ3v) is 5.00. The van der Waals surface area contributed by atoms with Gasteiger partial charge in [-0.2, -0.15) is 5.10 Å². The molecule has 0 radical (unpaired) electrons. The Kier molecular flexibility index (Phi) is 7.28. The summed E-state index contributed by atoms with van der Waals surface area (Å²) in [5.74, 6) is -3.68. The van der Waals surface area contributed by atoms with E-state index >= 15 is 0 Å². The first-order valence-corrected chi connectivity index (χ1v) is 10.6. The van der Waals surface area contributed by atoms with Crippen molar-refractivity contribution in [2.45, 2.75) is 20.8 Å². The van der Waals surface area contributed by atoms with Gasteiger partial charge in [-0.05, 0) is 36.4 Å². The first-order valence-electron chi connectivity index (χ1n) is 10.6. The number of nitrogens with zero attached hydrogens (tertiary/aromatic N) is 2. The van der Waals surface area contributed by atoms with E-state index in [0.717, 1.165) is 11.1 Å². The van der Waals surface area contributed by atoms with Gasteiger partial charge in [0.2, 0.25) is 11.8 Å². The van der Waals surface area contributed by atoms with E-state index in [9.17, 15) is 24.0 Å². The van der Waals surface area contributed by atoms with Gasteiger partial charge in [0.15, 0.2) is 5.92 Å². The van der Waals surface area contributed by atoms with Crippen molar-refractivity contribution in [2.24, 2.45) is 16.4 Å². The molecule has 11 nitrogen and oxygen atoms in total. The van der Waals surface area contributed by atoms with Crippen LogP contribution in [0.3, 0.4) is 0 Å². The van der Waals surface area contributed by atoms with Crippen molar-refractivity contribution >= 4 is 47.2 Å². The summed E-state index contributed by atoms with van der Waals surface area (Å²) in [7, 11) is 1.38. The second-order valence-electron chi connectivity index (χ2n) is 8.62. The minimum atomic E-state index is -1.45. The highest BCUT2D eigenvalue weighted by atomic mass is 16.5. The van der Waals surface area contributed by atoms with Crippen LogP contribution in [0.2, 0.25) is 0 Å². The molecule has 1 aliphatic rings. The smallest absolute Gasteiger partial charge is 0.335 e. The monoisotopic (exact) mass is 479 g/mol. The molecule has 2 aromatic carbocycles. The van der Waals surface area contributed by atoms with Gasteiger partial charge < -0.3 is 10.1 Å². The molecule has 11 heteroatoms. The van der Waals surface area contributed by atoms with Crippen LogP contribution in [0.5, 0.6) is 5.75 Å². The summed E-state index contributed by atoms with van der Waals surface area (Å²) >= 11 is 0. The summed E-state index contributed by atoms with van der Waals surface area (Å²) in [6.45, 7) is 5.35. The number of ether oxygens (including phenoxy) is 1. The minimum Gasteiger partial charge on any atom is -0.495 e. The van der Waals surface area contributed by atoms with Crippen molar-refractivity contribution in [3.63, 3.8) is 0 Å². The predicted octanol–water partition coefficient (Wildman–Crippen LogP) is 2.29. The fraction of sp³-hybridized carbons (Fsp3) is 0.250. The normalized spacial score (nSPS) is 16.2. The quantitative estimate of drug-likeness (QED) is 0.329. The number of rotatable bonds is 6. The van der Waals surface area contributed by atoms with Gasteiger partial charge in [0.05, 0.1) is 12.8 Å². The maximum absolute atomic E-state index is 12.9. The van der Waals surface area contributed by atoms with Gasteiger partial charge in [-0.1, -0.05) is 32.9 Å². The fourth-order valence-corrected chi connectivity index (χ4v) is 3.02. The number of carbonyl (C=O) groups is 5. The molecule has 0 bridgehead atoms. The molecule has 182 valence electrons. The average Bonchev–Trinajstić information content (AvgIpc) is 2.81. The third-order valence-electron chi connectivity index (χ3n) is 5.00. The molecule has 1 aliphatic heterocycles. The van der Waals surface area contributed by atoms with Gasteiger partial charge in [0, 0.05) is 22.9 Å².